The fraction of sp³-hybridized carbons (Fsp3) is 0.562. The Morgan fingerprint density at radius 2 is 2.19 bits per heavy atom. The van der Waals surface area contributed by atoms with Gasteiger partial charge in [-0.1, -0.05) is 22.9 Å². The zero-order chi connectivity index (χ0) is 15.5. The zero-order valence-corrected chi connectivity index (χ0v) is 14.6. The normalized spacial score (nSPS) is 17.7. The molecular formula is C16H24BrN3O. The first-order valence-electron chi connectivity index (χ1n) is 7.52. The summed E-state index contributed by atoms with van der Waals surface area (Å²) in [6.07, 6.45) is 1.11. The lowest BCUT2D eigenvalue weighted by molar-refractivity contribution is -0.126. The van der Waals surface area contributed by atoms with E-state index < -0.39 is 5.54 Å². The molecule has 0 aromatic heterocycles. The van der Waals surface area contributed by atoms with E-state index in [1.807, 2.05) is 19.9 Å². The summed E-state index contributed by atoms with van der Waals surface area (Å²) in [7, 11) is 0. The number of amides is 1. The van der Waals surface area contributed by atoms with Crippen molar-refractivity contribution in [2.75, 3.05) is 24.5 Å². The van der Waals surface area contributed by atoms with Crippen molar-refractivity contribution in [1.82, 2.24) is 10.6 Å². The van der Waals surface area contributed by atoms with Crippen molar-refractivity contribution < 1.29 is 4.79 Å². The molecule has 1 aromatic carbocycles. The number of piperazine rings is 1. The summed E-state index contributed by atoms with van der Waals surface area (Å²) in [6, 6.07) is 6.29. The van der Waals surface area contributed by atoms with Crippen molar-refractivity contribution in [3.05, 3.63) is 28.2 Å². The summed E-state index contributed by atoms with van der Waals surface area (Å²) in [5.74, 6) is 0.0872. The summed E-state index contributed by atoms with van der Waals surface area (Å²) in [4.78, 5) is 14.4. The molecule has 1 aliphatic heterocycles. The molecule has 1 aromatic rings. The molecule has 0 unspecified atom stereocenters. The number of halogens is 1. The molecule has 1 amide bonds. The number of hydrogen-bond donors (Lipinski definition) is 2. The van der Waals surface area contributed by atoms with E-state index in [1.165, 1.54) is 5.56 Å². The first-order chi connectivity index (χ1) is 9.96. The topological polar surface area (TPSA) is 44.4 Å². The van der Waals surface area contributed by atoms with Crippen LogP contribution in [0.5, 0.6) is 0 Å². The molecule has 1 saturated heterocycles. The maximum Gasteiger partial charge on any atom is 0.245 e. The maximum absolute atomic E-state index is 12.2. The number of hydrogen-bond acceptors (Lipinski definition) is 3. The minimum Gasteiger partial charge on any atom is -0.355 e. The van der Waals surface area contributed by atoms with Crippen LogP contribution in [-0.2, 0) is 11.3 Å². The van der Waals surface area contributed by atoms with Gasteiger partial charge in [0.15, 0.2) is 0 Å². The lowest BCUT2D eigenvalue weighted by Crippen LogP contribution is -2.62. The molecule has 5 heteroatoms. The van der Waals surface area contributed by atoms with Gasteiger partial charge < -0.3 is 15.5 Å². The molecule has 0 aliphatic carbocycles. The van der Waals surface area contributed by atoms with E-state index in [9.17, 15) is 4.79 Å². The monoisotopic (exact) mass is 353 g/mol. The minimum atomic E-state index is -0.522. The lowest BCUT2D eigenvalue weighted by atomic mass is 9.96. The third-order valence-corrected chi connectivity index (χ3v) is 4.42. The highest BCUT2D eigenvalue weighted by atomic mass is 79.9. The van der Waals surface area contributed by atoms with Crippen LogP contribution in [0.1, 0.15) is 32.8 Å². The third kappa shape index (κ3) is 3.58. The van der Waals surface area contributed by atoms with Gasteiger partial charge in [-0.25, -0.2) is 0 Å². The predicted octanol–water partition coefficient (Wildman–Crippen LogP) is 2.66. The fourth-order valence-electron chi connectivity index (χ4n) is 2.68. The number of anilines is 1. The zero-order valence-electron chi connectivity index (χ0n) is 13.0. The van der Waals surface area contributed by atoms with Crippen LogP contribution in [0.2, 0.25) is 0 Å². The van der Waals surface area contributed by atoms with Crippen LogP contribution in [0, 0.1) is 0 Å². The van der Waals surface area contributed by atoms with Gasteiger partial charge in [-0.15, -0.1) is 0 Å². The first-order valence-corrected chi connectivity index (χ1v) is 8.31. The van der Waals surface area contributed by atoms with Crippen molar-refractivity contribution in [1.29, 1.82) is 0 Å². The molecule has 1 aliphatic rings. The van der Waals surface area contributed by atoms with E-state index in [1.54, 1.807) is 0 Å². The van der Waals surface area contributed by atoms with E-state index in [-0.39, 0.29) is 5.91 Å². The molecule has 4 nitrogen and oxygen atoms in total. The summed E-state index contributed by atoms with van der Waals surface area (Å²) < 4.78 is 1.07. The largest absolute Gasteiger partial charge is 0.355 e. The fourth-order valence-corrected chi connectivity index (χ4v) is 3.09. The Morgan fingerprint density at radius 1 is 1.43 bits per heavy atom. The standard InChI is InChI=1S/C16H24BrN3O/c1-4-7-18-11-12-10-13(17)5-6-14(12)20-9-8-19-15(21)16(20,2)3/h5-6,10,18H,4,7-9,11H2,1-3H3,(H,19,21). The van der Waals surface area contributed by atoms with Crippen LogP contribution in [0.25, 0.3) is 0 Å². The Morgan fingerprint density at radius 3 is 2.90 bits per heavy atom. The molecule has 2 N–H and O–H groups in total. The number of benzene rings is 1. The second-order valence-electron chi connectivity index (χ2n) is 5.92. The quantitative estimate of drug-likeness (QED) is 0.799. The minimum absolute atomic E-state index is 0.0872. The average Bonchev–Trinajstić information content (AvgIpc) is 2.43. The molecule has 0 radical (unpaired) electrons. The van der Waals surface area contributed by atoms with Gasteiger partial charge in [0, 0.05) is 29.8 Å². The van der Waals surface area contributed by atoms with Crippen molar-refractivity contribution in [3.63, 3.8) is 0 Å². The maximum atomic E-state index is 12.2. The molecule has 0 spiro atoms. The summed E-state index contributed by atoms with van der Waals surface area (Å²) in [5, 5.41) is 6.40. The highest BCUT2D eigenvalue weighted by Crippen LogP contribution is 2.31. The Labute approximate surface area is 135 Å². The van der Waals surface area contributed by atoms with Gasteiger partial charge in [-0.2, -0.15) is 0 Å². The number of nitrogens with zero attached hydrogens (tertiary/aromatic N) is 1. The highest BCUT2D eigenvalue weighted by molar-refractivity contribution is 9.10. The van der Waals surface area contributed by atoms with E-state index in [0.717, 1.165) is 36.2 Å². The van der Waals surface area contributed by atoms with Gasteiger partial charge >= 0.3 is 0 Å². The molecule has 0 bridgehead atoms. The third-order valence-electron chi connectivity index (χ3n) is 3.93. The molecule has 0 saturated carbocycles. The highest BCUT2D eigenvalue weighted by Gasteiger charge is 2.38. The second kappa shape index (κ2) is 6.79. The Balaban J connectivity index is 2.31. The predicted molar refractivity (Wildman–Crippen MR) is 90.6 cm³/mol. The number of nitrogens with one attached hydrogen (secondary N) is 2. The van der Waals surface area contributed by atoms with Gasteiger partial charge in [0.25, 0.3) is 0 Å². The van der Waals surface area contributed by atoms with Crippen molar-refractivity contribution >= 4 is 27.5 Å². The molecule has 2 rings (SSSR count). The van der Waals surface area contributed by atoms with Gasteiger partial charge in [-0.05, 0) is 50.6 Å². The van der Waals surface area contributed by atoms with Crippen LogP contribution < -0.4 is 15.5 Å². The van der Waals surface area contributed by atoms with Crippen LogP contribution in [0.15, 0.2) is 22.7 Å². The van der Waals surface area contributed by atoms with Crippen molar-refractivity contribution in [3.8, 4) is 0 Å². The van der Waals surface area contributed by atoms with E-state index in [0.29, 0.717) is 6.54 Å². The Hall–Kier alpha value is -1.07. The molecule has 0 atom stereocenters. The van der Waals surface area contributed by atoms with E-state index in [4.69, 9.17) is 0 Å². The smallest absolute Gasteiger partial charge is 0.245 e. The Bertz CT molecular complexity index is 516. The van der Waals surface area contributed by atoms with Crippen molar-refractivity contribution in [2.45, 2.75) is 39.3 Å². The second-order valence-corrected chi connectivity index (χ2v) is 6.83. The van der Waals surface area contributed by atoms with Crippen LogP contribution in [0.3, 0.4) is 0 Å². The average molecular weight is 354 g/mol. The Kier molecular flexibility index (Phi) is 5.27. The van der Waals surface area contributed by atoms with E-state index >= 15 is 0 Å². The molecular weight excluding hydrogens is 330 g/mol. The SMILES string of the molecule is CCCNCc1cc(Br)ccc1N1CCNC(=O)C1(C)C. The van der Waals surface area contributed by atoms with Gasteiger partial charge in [0.05, 0.1) is 0 Å². The number of carbonyl (C=O) groups excluding carboxylic acids is 1. The van der Waals surface area contributed by atoms with Gasteiger partial charge in [-0.3, -0.25) is 4.79 Å². The first kappa shape index (κ1) is 16.3. The lowest BCUT2D eigenvalue weighted by Gasteiger charge is -2.43. The van der Waals surface area contributed by atoms with Crippen LogP contribution in [0.4, 0.5) is 5.69 Å². The summed E-state index contributed by atoms with van der Waals surface area (Å²) in [6.45, 7) is 9.46. The van der Waals surface area contributed by atoms with Crippen LogP contribution >= 0.6 is 15.9 Å². The van der Waals surface area contributed by atoms with Crippen LogP contribution in [-0.4, -0.2) is 31.1 Å². The van der Waals surface area contributed by atoms with Gasteiger partial charge in [0.2, 0.25) is 5.91 Å². The number of rotatable bonds is 5. The summed E-state index contributed by atoms with van der Waals surface area (Å²) in [5.41, 5.74) is 1.84. The van der Waals surface area contributed by atoms with E-state index in [2.05, 4.69) is 50.5 Å². The van der Waals surface area contributed by atoms with Crippen molar-refractivity contribution in [2.24, 2.45) is 0 Å². The molecule has 1 fully saturated rings. The summed E-state index contributed by atoms with van der Waals surface area (Å²) >= 11 is 3.54. The molecule has 21 heavy (non-hydrogen) atoms. The molecule has 116 valence electrons. The van der Waals surface area contributed by atoms with Gasteiger partial charge in [0.1, 0.15) is 5.54 Å². The molecule has 1 heterocycles. The number of carbonyl (C=O) groups is 1.